The van der Waals surface area contributed by atoms with Gasteiger partial charge < -0.3 is 19.7 Å². The van der Waals surface area contributed by atoms with Crippen molar-refractivity contribution in [3.63, 3.8) is 0 Å². The zero-order valence-electron chi connectivity index (χ0n) is 39.1. The summed E-state index contributed by atoms with van der Waals surface area (Å²) in [5, 5.41) is 23.9. The van der Waals surface area contributed by atoms with E-state index in [-0.39, 0.29) is 36.6 Å². The topological polar surface area (TPSA) is 127 Å². The van der Waals surface area contributed by atoms with Crippen molar-refractivity contribution < 1.29 is 43.3 Å². The molecule has 0 aliphatic heterocycles. The number of ketones is 2. The molecule has 0 amide bonds. The van der Waals surface area contributed by atoms with Crippen LogP contribution in [0.4, 0.5) is 4.39 Å². The molecule has 8 nitrogen and oxygen atoms in total. The number of Topliss-reactive ketones (excluding diaryl/α,β-unsaturated/α-hetero) is 1. The van der Waals surface area contributed by atoms with Crippen LogP contribution in [0.2, 0.25) is 0 Å². The third-order valence-corrected chi connectivity index (χ3v) is 20.1. The number of carbonyl (C=O) groups excluding carboxylic acids is 4. The van der Waals surface area contributed by atoms with E-state index >= 15 is 4.39 Å². The van der Waals surface area contributed by atoms with Crippen LogP contribution in [0, 0.1) is 74.9 Å². The summed E-state index contributed by atoms with van der Waals surface area (Å²) < 4.78 is 28.9. The second-order valence-corrected chi connectivity index (χ2v) is 23.4. The van der Waals surface area contributed by atoms with Gasteiger partial charge in [0.05, 0.1) is 18.9 Å². The monoisotopic (exact) mass is 861 g/mol. The Balaban J connectivity index is 0.825. The van der Waals surface area contributed by atoms with Gasteiger partial charge in [0.2, 0.25) is 5.78 Å². The highest BCUT2D eigenvalue weighted by molar-refractivity contribution is 6.01. The number of alkyl halides is 1. The largest absolute Gasteiger partial charge is 0.462 e. The van der Waals surface area contributed by atoms with E-state index in [2.05, 4.69) is 40.7 Å². The Morgan fingerprint density at radius 1 is 0.903 bits per heavy atom. The van der Waals surface area contributed by atoms with E-state index in [1.54, 1.807) is 26.8 Å². The summed E-state index contributed by atoms with van der Waals surface area (Å²) in [6.45, 7) is 16.9. The summed E-state index contributed by atoms with van der Waals surface area (Å²) in [6.07, 6.45) is 19.0. The molecule has 0 aromatic rings. The van der Waals surface area contributed by atoms with Gasteiger partial charge >= 0.3 is 11.9 Å². The lowest BCUT2D eigenvalue weighted by molar-refractivity contribution is -0.220. The molecule has 0 aromatic carbocycles. The number of halogens is 1. The normalized spacial score (nSPS) is 45.9. The van der Waals surface area contributed by atoms with Crippen LogP contribution in [0.25, 0.3) is 0 Å². The average molecular weight is 861 g/mol. The van der Waals surface area contributed by atoms with E-state index in [4.69, 9.17) is 9.47 Å². The van der Waals surface area contributed by atoms with Gasteiger partial charge in [0.1, 0.15) is 11.7 Å². The minimum Gasteiger partial charge on any atom is -0.462 e. The molecule has 344 valence electrons. The Hall–Kier alpha value is -2.65. The molecule has 0 heterocycles. The number of hydrogen-bond acceptors (Lipinski definition) is 8. The Morgan fingerprint density at radius 3 is 2.39 bits per heavy atom. The van der Waals surface area contributed by atoms with E-state index in [9.17, 15) is 29.4 Å². The second kappa shape index (κ2) is 16.3. The molecule has 16 atom stereocenters. The number of hydrogen-bond donors (Lipinski definition) is 2. The molecular weight excluding hydrogens is 784 g/mol. The molecule has 6 fully saturated rings. The summed E-state index contributed by atoms with van der Waals surface area (Å²) in [4.78, 5) is 52.3. The van der Waals surface area contributed by atoms with E-state index in [0.29, 0.717) is 36.2 Å². The SMILES string of the molecule is CC(C)CCC[C@@H](C)[C@H]1CC[C@H]2C3CC=C4C[C@@H](OC(=O)CCC(=O)OCC(=O)[C@]5(O)[C@@H](C)C[C@@H]6[C@H]7CCC8=CC(=O)C=C[C@@]8(C)[C@]7(F)C(O)C[C@]65C)CC[C@]4(C)[C@H]3CC[C@]12C. The van der Waals surface area contributed by atoms with Gasteiger partial charge in [-0.3, -0.25) is 19.2 Å². The van der Waals surface area contributed by atoms with Crippen molar-refractivity contribution in [1.29, 1.82) is 0 Å². The van der Waals surface area contributed by atoms with Crippen molar-refractivity contribution in [3.8, 4) is 0 Å². The fraction of sp³-hybridized carbons (Fsp3) is 0.811. The molecular formula is C53H77FO8. The van der Waals surface area contributed by atoms with Crippen LogP contribution in [-0.4, -0.2) is 63.8 Å². The number of aliphatic hydroxyl groups excluding tert-OH is 1. The third kappa shape index (κ3) is 6.99. The van der Waals surface area contributed by atoms with Gasteiger partial charge in [-0.2, -0.15) is 0 Å². The fourth-order valence-corrected chi connectivity index (χ4v) is 16.7. The maximum Gasteiger partial charge on any atom is 0.306 e. The number of rotatable bonds is 12. The lowest BCUT2D eigenvalue weighted by atomic mass is 9.44. The molecule has 6 saturated carbocycles. The van der Waals surface area contributed by atoms with Crippen LogP contribution >= 0.6 is 0 Å². The van der Waals surface area contributed by atoms with Gasteiger partial charge in [0.25, 0.3) is 0 Å². The van der Waals surface area contributed by atoms with Crippen LogP contribution in [0.3, 0.4) is 0 Å². The minimum atomic E-state index is -2.08. The average Bonchev–Trinajstić information content (AvgIpc) is 3.67. The van der Waals surface area contributed by atoms with Crippen LogP contribution in [0.1, 0.15) is 165 Å². The Bertz CT molecular complexity index is 1900. The first-order valence-electron chi connectivity index (χ1n) is 24.7. The van der Waals surface area contributed by atoms with Gasteiger partial charge in [-0.25, -0.2) is 4.39 Å². The molecule has 8 aliphatic rings. The van der Waals surface area contributed by atoms with Crippen molar-refractivity contribution in [2.75, 3.05) is 6.61 Å². The fourth-order valence-electron chi connectivity index (χ4n) is 16.7. The highest BCUT2D eigenvalue weighted by Gasteiger charge is 2.75. The third-order valence-electron chi connectivity index (χ3n) is 20.1. The van der Waals surface area contributed by atoms with Crippen LogP contribution in [0.15, 0.2) is 35.5 Å². The Kier molecular flexibility index (Phi) is 12.1. The number of esters is 2. The molecule has 62 heavy (non-hydrogen) atoms. The van der Waals surface area contributed by atoms with E-state index in [1.807, 2.05) is 0 Å². The molecule has 0 bridgehead atoms. The number of allylic oxidation sites excluding steroid dienone is 5. The van der Waals surface area contributed by atoms with Gasteiger partial charge in [-0.1, -0.05) is 91.0 Å². The standard InChI is InChI=1S/C53H77FO8/c1-31(2)10-9-11-32(3)39-16-17-40-38-14-12-34-28-37(21-23-48(34,5)41(38)22-24-49(39,40)6)62-47(59)19-18-46(58)61-30-45(57)53(60)33(4)26-43-42-15-13-35-27-36(55)20-25-50(35,7)52(42,54)44(56)29-51(43,53)8/h12,20,25,27,31-33,37-44,56,60H,9-11,13-19,21-24,26,28-30H2,1-8H3/t32-,33+,37+,38?,39-,40+,41+,42-,43-,44?,48+,49-,50-,51-,52-,53-/m1/s1. The number of aliphatic hydroxyl groups is 2. The molecule has 0 radical (unpaired) electrons. The van der Waals surface area contributed by atoms with Crippen molar-refractivity contribution >= 4 is 23.5 Å². The van der Waals surface area contributed by atoms with Crippen molar-refractivity contribution in [2.45, 2.75) is 188 Å². The zero-order valence-corrected chi connectivity index (χ0v) is 39.1. The molecule has 2 unspecified atom stereocenters. The van der Waals surface area contributed by atoms with Crippen LogP contribution in [0.5, 0.6) is 0 Å². The van der Waals surface area contributed by atoms with Gasteiger partial charge in [-0.15, -0.1) is 0 Å². The number of fused-ring (bicyclic) bond motifs is 10. The molecule has 0 spiro atoms. The summed E-state index contributed by atoms with van der Waals surface area (Å²) in [6, 6.07) is 0. The Labute approximate surface area is 370 Å². The molecule has 9 heteroatoms. The highest BCUT2D eigenvalue weighted by atomic mass is 19.1. The second-order valence-electron chi connectivity index (χ2n) is 23.4. The lowest BCUT2D eigenvalue weighted by Gasteiger charge is -2.62. The highest BCUT2D eigenvalue weighted by Crippen LogP contribution is 2.71. The summed E-state index contributed by atoms with van der Waals surface area (Å²) in [5.41, 5.74) is -3.69. The predicted molar refractivity (Wildman–Crippen MR) is 236 cm³/mol. The Morgan fingerprint density at radius 2 is 1.65 bits per heavy atom. The van der Waals surface area contributed by atoms with Crippen molar-refractivity contribution in [1.82, 2.24) is 0 Å². The molecule has 0 saturated heterocycles. The first-order chi connectivity index (χ1) is 29.1. The smallest absolute Gasteiger partial charge is 0.306 e. The van der Waals surface area contributed by atoms with E-state index < -0.39 is 70.3 Å². The zero-order chi connectivity index (χ0) is 44.8. The first kappa shape index (κ1) is 45.9. The van der Waals surface area contributed by atoms with E-state index in [1.165, 1.54) is 62.7 Å². The molecule has 8 rings (SSSR count). The van der Waals surface area contributed by atoms with Gasteiger partial charge in [-0.05, 0) is 148 Å². The molecule has 8 aliphatic carbocycles. The summed E-state index contributed by atoms with van der Waals surface area (Å²) >= 11 is 0. The molecule has 2 N–H and O–H groups in total. The summed E-state index contributed by atoms with van der Waals surface area (Å²) in [5.74, 6) is 0.889. The minimum absolute atomic E-state index is 0.136. The first-order valence-corrected chi connectivity index (χ1v) is 24.7. The van der Waals surface area contributed by atoms with Crippen molar-refractivity contribution in [3.05, 3.63) is 35.5 Å². The quantitative estimate of drug-likeness (QED) is 0.147. The maximum atomic E-state index is 17.5. The van der Waals surface area contributed by atoms with E-state index in [0.717, 1.165) is 55.3 Å². The number of carbonyl (C=O) groups is 4. The summed E-state index contributed by atoms with van der Waals surface area (Å²) in [7, 11) is 0. The van der Waals surface area contributed by atoms with Crippen molar-refractivity contribution in [2.24, 2.45) is 74.9 Å². The van der Waals surface area contributed by atoms with Crippen LogP contribution in [-0.2, 0) is 28.7 Å². The van der Waals surface area contributed by atoms with Gasteiger partial charge in [0.15, 0.2) is 18.1 Å². The lowest BCUT2D eigenvalue weighted by Crippen LogP contribution is -2.69. The number of ether oxygens (including phenoxy) is 2. The van der Waals surface area contributed by atoms with Crippen LogP contribution < -0.4 is 0 Å². The predicted octanol–water partition coefficient (Wildman–Crippen LogP) is 10.2. The maximum absolute atomic E-state index is 17.5. The van der Waals surface area contributed by atoms with Gasteiger partial charge in [0, 0.05) is 23.2 Å². The molecule has 0 aromatic heterocycles.